The van der Waals surface area contributed by atoms with Crippen molar-refractivity contribution in [2.75, 3.05) is 6.54 Å². The number of nitrogens with one attached hydrogen (secondary N) is 1. The summed E-state index contributed by atoms with van der Waals surface area (Å²) in [7, 11) is 0. The van der Waals surface area contributed by atoms with Crippen molar-refractivity contribution < 1.29 is 9.59 Å². The van der Waals surface area contributed by atoms with Crippen LogP contribution in [0.1, 0.15) is 67.5 Å². The summed E-state index contributed by atoms with van der Waals surface area (Å²) < 4.78 is 1.88. The molecule has 2 aliphatic heterocycles. The first-order chi connectivity index (χ1) is 12.5. The lowest BCUT2D eigenvalue weighted by Gasteiger charge is -2.31. The first kappa shape index (κ1) is 15.8. The van der Waals surface area contributed by atoms with E-state index in [0.29, 0.717) is 18.0 Å². The van der Waals surface area contributed by atoms with E-state index in [9.17, 15) is 9.59 Å². The van der Waals surface area contributed by atoms with Gasteiger partial charge < -0.3 is 10.2 Å². The smallest absolute Gasteiger partial charge is 0.255 e. The van der Waals surface area contributed by atoms with Crippen LogP contribution in [0, 0.1) is 0 Å². The molecular weight excluding hydrogens is 330 g/mol. The van der Waals surface area contributed by atoms with Gasteiger partial charge in [0.25, 0.3) is 5.91 Å². The minimum Gasteiger partial charge on any atom is -0.351 e. The van der Waals surface area contributed by atoms with E-state index in [1.54, 1.807) is 11.1 Å². The molecule has 2 saturated heterocycles. The van der Waals surface area contributed by atoms with Crippen LogP contribution in [0.25, 0.3) is 11.0 Å². The fourth-order valence-electron chi connectivity index (χ4n) is 4.22. The van der Waals surface area contributed by atoms with Crippen molar-refractivity contribution in [1.82, 2.24) is 25.0 Å². The second-order valence-electron chi connectivity index (χ2n) is 8.03. The lowest BCUT2D eigenvalue weighted by atomic mass is 10.00. The Kier molecular flexibility index (Phi) is 3.36. The second kappa shape index (κ2) is 5.53. The topological polar surface area (TPSA) is 80.1 Å². The van der Waals surface area contributed by atoms with Crippen molar-refractivity contribution in [2.24, 2.45) is 0 Å². The molecule has 1 N–H and O–H groups in total. The van der Waals surface area contributed by atoms with Crippen LogP contribution >= 0.6 is 0 Å². The number of carbonyl (C=O) groups excluding carboxylic acids is 2. The maximum atomic E-state index is 13.4. The summed E-state index contributed by atoms with van der Waals surface area (Å²) in [6.45, 7) is 4.74. The molecule has 1 aliphatic carbocycles. The van der Waals surface area contributed by atoms with Gasteiger partial charge in [0.05, 0.1) is 17.1 Å². The van der Waals surface area contributed by atoms with Crippen LogP contribution < -0.4 is 5.32 Å². The summed E-state index contributed by atoms with van der Waals surface area (Å²) in [6, 6.07) is 2.00. The van der Waals surface area contributed by atoms with Crippen molar-refractivity contribution in [2.45, 2.75) is 63.6 Å². The highest BCUT2D eigenvalue weighted by Crippen LogP contribution is 2.40. The number of likely N-dealkylation sites (tertiary alicyclic amines) is 1. The van der Waals surface area contributed by atoms with Crippen LogP contribution in [0.5, 0.6) is 0 Å². The Bertz CT molecular complexity index is 914. The minimum atomic E-state index is -0.339. The van der Waals surface area contributed by atoms with E-state index in [4.69, 9.17) is 4.98 Å². The van der Waals surface area contributed by atoms with Gasteiger partial charge in [0.1, 0.15) is 6.04 Å². The number of hydrogen-bond donors (Lipinski definition) is 1. The van der Waals surface area contributed by atoms with Gasteiger partial charge in [-0.1, -0.05) is 0 Å². The highest BCUT2D eigenvalue weighted by Gasteiger charge is 2.43. The molecule has 26 heavy (non-hydrogen) atoms. The molecule has 136 valence electrons. The van der Waals surface area contributed by atoms with Gasteiger partial charge >= 0.3 is 0 Å². The van der Waals surface area contributed by atoms with Crippen LogP contribution in [-0.4, -0.2) is 50.1 Å². The van der Waals surface area contributed by atoms with Gasteiger partial charge in [-0.3, -0.25) is 9.59 Å². The van der Waals surface area contributed by atoms with E-state index in [1.807, 2.05) is 10.7 Å². The van der Waals surface area contributed by atoms with Gasteiger partial charge in [-0.05, 0) is 45.6 Å². The summed E-state index contributed by atoms with van der Waals surface area (Å²) in [5.74, 6) is 0.358. The predicted molar refractivity (Wildman–Crippen MR) is 95.9 cm³/mol. The fourth-order valence-corrected chi connectivity index (χ4v) is 4.22. The molecule has 5 rings (SSSR count). The van der Waals surface area contributed by atoms with Gasteiger partial charge in [-0.25, -0.2) is 9.67 Å². The molecule has 7 nitrogen and oxygen atoms in total. The second-order valence-corrected chi connectivity index (χ2v) is 8.03. The van der Waals surface area contributed by atoms with E-state index in [1.165, 1.54) is 0 Å². The molecule has 2 aromatic rings. The Morgan fingerprint density at radius 3 is 2.85 bits per heavy atom. The maximum Gasteiger partial charge on any atom is 0.255 e. The summed E-state index contributed by atoms with van der Waals surface area (Å²) in [5.41, 5.74) is 2.40. The largest absolute Gasteiger partial charge is 0.351 e. The normalized spacial score (nSPS) is 25.2. The zero-order valence-corrected chi connectivity index (χ0v) is 15.1. The van der Waals surface area contributed by atoms with E-state index >= 15 is 0 Å². The highest BCUT2D eigenvalue weighted by atomic mass is 16.2. The Labute approximate surface area is 151 Å². The van der Waals surface area contributed by atoms with E-state index in [2.05, 4.69) is 24.3 Å². The van der Waals surface area contributed by atoms with Crippen LogP contribution in [-0.2, 0) is 4.79 Å². The third-order valence-electron chi connectivity index (χ3n) is 5.81. The zero-order chi connectivity index (χ0) is 18.0. The van der Waals surface area contributed by atoms with Crippen molar-refractivity contribution in [1.29, 1.82) is 0 Å². The van der Waals surface area contributed by atoms with Crippen LogP contribution in [0.3, 0.4) is 0 Å². The molecule has 2 unspecified atom stereocenters. The Morgan fingerprint density at radius 2 is 2.12 bits per heavy atom. The molecule has 7 heteroatoms. The molecule has 3 fully saturated rings. The third-order valence-corrected chi connectivity index (χ3v) is 5.81. The number of hydrogen-bond acceptors (Lipinski definition) is 4. The number of amides is 2. The average molecular weight is 353 g/mol. The van der Waals surface area contributed by atoms with Crippen molar-refractivity contribution in [3.63, 3.8) is 0 Å². The zero-order valence-electron chi connectivity index (χ0n) is 15.1. The van der Waals surface area contributed by atoms with Crippen molar-refractivity contribution in [3.8, 4) is 0 Å². The van der Waals surface area contributed by atoms with Gasteiger partial charge in [-0.15, -0.1) is 0 Å². The number of carbonyl (C=O) groups is 2. The summed E-state index contributed by atoms with van der Waals surface area (Å²) in [4.78, 5) is 32.2. The molecular formula is C19H23N5O2. The summed E-state index contributed by atoms with van der Waals surface area (Å²) in [6.07, 6.45) is 5.53. The predicted octanol–water partition coefficient (Wildman–Crippen LogP) is 1.99. The lowest BCUT2D eigenvalue weighted by molar-refractivity contribution is -0.122. The fraction of sp³-hybridized carbons (Fsp3) is 0.579. The van der Waals surface area contributed by atoms with Gasteiger partial charge in [0.2, 0.25) is 5.91 Å². The monoisotopic (exact) mass is 353 g/mol. The number of nitrogens with zero attached hydrogens (tertiary/aromatic N) is 4. The minimum absolute atomic E-state index is 0.0218. The first-order valence-electron chi connectivity index (χ1n) is 9.52. The summed E-state index contributed by atoms with van der Waals surface area (Å²) >= 11 is 0. The molecule has 2 amide bonds. The first-order valence-corrected chi connectivity index (χ1v) is 9.52. The van der Waals surface area contributed by atoms with E-state index in [0.717, 1.165) is 42.4 Å². The molecule has 2 atom stereocenters. The Morgan fingerprint density at radius 1 is 1.31 bits per heavy atom. The molecule has 0 aromatic carbocycles. The number of piperidine rings is 1. The number of aromatic nitrogens is 3. The highest BCUT2D eigenvalue weighted by molar-refractivity contribution is 6.07. The molecule has 0 radical (unpaired) electrons. The Hall–Kier alpha value is -2.44. The number of pyridine rings is 1. The van der Waals surface area contributed by atoms with E-state index in [-0.39, 0.29) is 29.9 Å². The van der Waals surface area contributed by atoms with E-state index < -0.39 is 0 Å². The summed E-state index contributed by atoms with van der Waals surface area (Å²) in [5, 5.41) is 8.24. The van der Waals surface area contributed by atoms with Gasteiger partial charge in [0.15, 0.2) is 5.65 Å². The molecule has 2 bridgehead atoms. The molecule has 2 aromatic heterocycles. The van der Waals surface area contributed by atoms with Crippen molar-refractivity contribution in [3.05, 3.63) is 23.5 Å². The van der Waals surface area contributed by atoms with Gasteiger partial charge in [-0.2, -0.15) is 5.10 Å². The SMILES string of the molecule is CC(C)n1ncc2c(C(=O)N3CCC4CC3C(=O)N4)cc(C3CC3)nc21. The quantitative estimate of drug-likeness (QED) is 0.915. The molecule has 4 heterocycles. The van der Waals surface area contributed by atoms with Crippen molar-refractivity contribution >= 4 is 22.8 Å². The Balaban J connectivity index is 1.61. The van der Waals surface area contributed by atoms with Crippen LogP contribution in [0.2, 0.25) is 0 Å². The molecule has 3 aliphatic rings. The molecule has 0 spiro atoms. The van der Waals surface area contributed by atoms with Crippen LogP contribution in [0.4, 0.5) is 0 Å². The number of fused-ring (bicyclic) bond motifs is 3. The third kappa shape index (κ3) is 2.33. The molecule has 1 saturated carbocycles. The standard InChI is InChI=1S/C19H23N5O2/c1-10(2)24-17-14(9-20-24)13(8-15(22-17)11-3-4-11)19(26)23-6-5-12-7-16(23)18(25)21-12/h8-12,16H,3-7H2,1-2H3,(H,21,25). The van der Waals surface area contributed by atoms with Crippen LogP contribution in [0.15, 0.2) is 12.3 Å². The number of rotatable bonds is 3. The maximum absolute atomic E-state index is 13.4. The van der Waals surface area contributed by atoms with Gasteiger partial charge in [0, 0.05) is 30.2 Å². The lowest BCUT2D eigenvalue weighted by Crippen LogP contribution is -2.46. The average Bonchev–Trinajstić information content (AvgIpc) is 3.32.